The molecule has 8 nitrogen and oxygen atoms in total. The Balaban J connectivity index is 0.000000237. The molecule has 28 heavy (non-hydrogen) atoms. The number of primary sulfonamides is 1. The lowest BCUT2D eigenvalue weighted by molar-refractivity contribution is 0.474. The highest BCUT2D eigenvalue weighted by molar-refractivity contribution is 8.17. The van der Waals surface area contributed by atoms with Gasteiger partial charge in [-0.2, -0.15) is 0 Å². The Bertz CT molecular complexity index is 943. The summed E-state index contributed by atoms with van der Waals surface area (Å²) in [5, 5.41) is 17.1. The van der Waals surface area contributed by atoms with Gasteiger partial charge in [0.05, 0.1) is 11.0 Å². The summed E-state index contributed by atoms with van der Waals surface area (Å²) in [5.74, 6) is 0.413. The number of hydrogen-bond acceptors (Lipinski definition) is 8. The van der Waals surface area contributed by atoms with E-state index in [0.717, 1.165) is 24.1 Å². The fourth-order valence-electron chi connectivity index (χ4n) is 2.98. The Morgan fingerprint density at radius 1 is 1.39 bits per heavy atom. The van der Waals surface area contributed by atoms with Crippen LogP contribution < -0.4 is 15.2 Å². The first-order chi connectivity index (χ1) is 13.1. The van der Waals surface area contributed by atoms with E-state index in [2.05, 4.69) is 10.0 Å². The summed E-state index contributed by atoms with van der Waals surface area (Å²) in [7, 11) is -6.53. The van der Waals surface area contributed by atoms with E-state index < -0.39 is 19.9 Å². The van der Waals surface area contributed by atoms with Crippen molar-refractivity contribution in [3.63, 3.8) is 0 Å². The third-order valence-electron chi connectivity index (χ3n) is 4.19. The first-order valence-electron chi connectivity index (χ1n) is 8.66. The van der Waals surface area contributed by atoms with Gasteiger partial charge in [-0.05, 0) is 61.2 Å². The van der Waals surface area contributed by atoms with Crippen molar-refractivity contribution in [3.8, 4) is 5.75 Å². The second-order valence-corrected chi connectivity index (χ2v) is 11.4. The zero-order chi connectivity index (χ0) is 20.8. The van der Waals surface area contributed by atoms with Crippen LogP contribution in [0, 0.1) is 0 Å². The average Bonchev–Trinajstić information content (AvgIpc) is 2.89. The zero-order valence-corrected chi connectivity index (χ0v) is 17.9. The van der Waals surface area contributed by atoms with Gasteiger partial charge in [0, 0.05) is 12.2 Å². The molecular weight excluding hydrogens is 422 g/mol. The number of hydrogen-bond donors (Lipinski definition) is 4. The molecule has 11 heteroatoms. The largest absolute Gasteiger partial charge is 0.508 e. The average molecular weight is 448 g/mol. The Kier molecular flexibility index (Phi) is 7.96. The molecule has 3 rings (SSSR count). The molecule has 1 aromatic carbocycles. The Morgan fingerprint density at radius 3 is 2.68 bits per heavy atom. The minimum atomic E-state index is -3.52. The fraction of sp³-hybridized carbons (Fsp3) is 0.412. The molecule has 0 bridgehead atoms. The monoisotopic (exact) mass is 447 g/mol. The molecule has 1 saturated heterocycles. The first-order valence-corrected chi connectivity index (χ1v) is 12.7. The van der Waals surface area contributed by atoms with Gasteiger partial charge < -0.3 is 15.1 Å². The van der Waals surface area contributed by atoms with Crippen LogP contribution in [0.25, 0.3) is 0 Å². The van der Waals surface area contributed by atoms with E-state index in [1.54, 1.807) is 30.5 Å². The zero-order valence-electron chi connectivity index (χ0n) is 15.4. The summed E-state index contributed by atoms with van der Waals surface area (Å²) in [6, 6.07) is 6.90. The van der Waals surface area contributed by atoms with E-state index in [0.29, 0.717) is 12.8 Å². The van der Waals surface area contributed by atoms with Crippen LogP contribution in [0.4, 0.5) is 0 Å². The summed E-state index contributed by atoms with van der Waals surface area (Å²) in [6.07, 6.45) is 5.79. The number of phenols is 1. The minimum absolute atomic E-state index is 0.0716. The van der Waals surface area contributed by atoms with Gasteiger partial charge in [0.2, 0.25) is 10.0 Å². The van der Waals surface area contributed by atoms with Crippen LogP contribution in [0.3, 0.4) is 0 Å². The highest BCUT2D eigenvalue weighted by Crippen LogP contribution is 2.25. The number of nitrogens with two attached hydrogens (primary N) is 1. The second-order valence-electron chi connectivity index (χ2n) is 6.43. The van der Waals surface area contributed by atoms with Crippen molar-refractivity contribution in [1.29, 1.82) is 0 Å². The molecule has 5 N–H and O–H groups in total. The molecule has 2 aliphatic rings. The smallest absolute Gasteiger partial charge is 0.245 e. The van der Waals surface area contributed by atoms with Gasteiger partial charge in [0.1, 0.15) is 9.99 Å². The van der Waals surface area contributed by atoms with Crippen LogP contribution in [0.2, 0.25) is 0 Å². The minimum Gasteiger partial charge on any atom is -0.508 e. The highest BCUT2D eigenvalue weighted by Gasteiger charge is 2.37. The molecule has 1 unspecified atom stereocenters. The number of phenolic OH excluding ortho intramolecular Hbond substituents is 1. The Hall–Kier alpha value is -1.53. The predicted octanol–water partition coefficient (Wildman–Crippen LogP) is 0.981. The molecule has 156 valence electrons. The van der Waals surface area contributed by atoms with Crippen molar-refractivity contribution in [1.82, 2.24) is 10.0 Å². The van der Waals surface area contributed by atoms with Crippen LogP contribution in [-0.2, 0) is 26.3 Å². The SMILES string of the molecule is CCNC1C[C@@H](Cc2cccc(O)c2)S(=O)(=O)C1.NS(=O)(=O)C1=CC=CNS1. The molecular formula is C17H25N3O5S3. The molecule has 2 aliphatic heterocycles. The van der Waals surface area contributed by atoms with E-state index in [1.807, 2.05) is 13.0 Å². The number of rotatable bonds is 5. The Labute approximate surface area is 170 Å². The van der Waals surface area contributed by atoms with Crippen LogP contribution in [0.5, 0.6) is 5.75 Å². The van der Waals surface area contributed by atoms with Gasteiger partial charge in [-0.3, -0.25) is 0 Å². The highest BCUT2D eigenvalue weighted by atomic mass is 32.3. The second kappa shape index (κ2) is 9.79. The number of sulfonamides is 1. The van der Waals surface area contributed by atoms with Gasteiger partial charge in [0.15, 0.2) is 9.84 Å². The predicted molar refractivity (Wildman–Crippen MR) is 113 cm³/mol. The van der Waals surface area contributed by atoms with Gasteiger partial charge in [-0.25, -0.2) is 22.0 Å². The molecule has 1 aromatic rings. The van der Waals surface area contributed by atoms with Crippen molar-refractivity contribution in [2.75, 3.05) is 12.3 Å². The molecule has 2 atom stereocenters. The number of nitrogens with one attached hydrogen (secondary N) is 2. The van der Waals surface area contributed by atoms with Crippen molar-refractivity contribution in [2.45, 2.75) is 31.1 Å². The quantitative estimate of drug-likeness (QED) is 0.490. The summed E-state index contributed by atoms with van der Waals surface area (Å²) >= 11 is 0.981. The first kappa shape index (κ1) is 22.8. The summed E-state index contributed by atoms with van der Waals surface area (Å²) in [5.41, 5.74) is 0.876. The van der Waals surface area contributed by atoms with Crippen molar-refractivity contribution >= 4 is 31.8 Å². The van der Waals surface area contributed by atoms with Crippen molar-refractivity contribution in [3.05, 3.63) is 52.4 Å². The molecule has 0 aliphatic carbocycles. The molecule has 0 radical (unpaired) electrons. The maximum Gasteiger partial charge on any atom is 0.245 e. The van der Waals surface area contributed by atoms with Crippen molar-refractivity contribution < 1.29 is 21.9 Å². The lowest BCUT2D eigenvalue weighted by Gasteiger charge is -2.10. The molecule has 0 amide bonds. The molecule has 0 aromatic heterocycles. The summed E-state index contributed by atoms with van der Waals surface area (Å²) in [6.45, 7) is 2.77. The van der Waals surface area contributed by atoms with Crippen molar-refractivity contribution in [2.24, 2.45) is 5.14 Å². The number of aromatic hydroxyl groups is 1. The topological polar surface area (TPSA) is 139 Å². The number of benzene rings is 1. The standard InChI is InChI=1S/C13H19NO3S.C4H6N2O2S2/c1-2-14-11-8-13(18(16,17)9-11)7-10-4-3-5-12(15)6-10;5-10(7,8)4-2-1-3-6-9-4/h3-6,11,13-15H,2,7-9H2,1H3;1-3,6H,(H2,5,7,8)/t11?,13-;/m1./s1. The molecule has 1 fully saturated rings. The lowest BCUT2D eigenvalue weighted by Crippen LogP contribution is -2.29. The van der Waals surface area contributed by atoms with E-state index in [9.17, 15) is 21.9 Å². The van der Waals surface area contributed by atoms with E-state index in [-0.39, 0.29) is 27.0 Å². The Morgan fingerprint density at radius 2 is 2.14 bits per heavy atom. The molecule has 0 spiro atoms. The third-order valence-corrected chi connectivity index (χ3v) is 8.67. The number of sulfone groups is 1. The van der Waals surface area contributed by atoms with Crippen LogP contribution >= 0.6 is 11.9 Å². The maximum atomic E-state index is 12.0. The van der Waals surface area contributed by atoms with Gasteiger partial charge >= 0.3 is 0 Å². The fourth-order valence-corrected chi connectivity index (χ4v) is 6.33. The number of allylic oxidation sites excluding steroid dienone is 2. The third kappa shape index (κ3) is 6.82. The summed E-state index contributed by atoms with van der Waals surface area (Å²) < 4.78 is 48.1. The maximum absolute atomic E-state index is 12.0. The van der Waals surface area contributed by atoms with Gasteiger partial charge in [-0.15, -0.1) is 0 Å². The summed E-state index contributed by atoms with van der Waals surface area (Å²) in [4.78, 5) is 0. The van der Waals surface area contributed by atoms with E-state index in [1.165, 1.54) is 6.08 Å². The van der Waals surface area contributed by atoms with Crippen LogP contribution in [-0.4, -0.2) is 45.5 Å². The van der Waals surface area contributed by atoms with E-state index >= 15 is 0 Å². The van der Waals surface area contributed by atoms with E-state index in [4.69, 9.17) is 5.14 Å². The van der Waals surface area contributed by atoms with Crippen LogP contribution in [0.1, 0.15) is 18.9 Å². The molecule has 0 saturated carbocycles. The van der Waals surface area contributed by atoms with Gasteiger partial charge in [0.25, 0.3) is 0 Å². The molecule has 2 heterocycles. The lowest BCUT2D eigenvalue weighted by atomic mass is 10.1. The van der Waals surface area contributed by atoms with Gasteiger partial charge in [-0.1, -0.05) is 19.1 Å². The van der Waals surface area contributed by atoms with Crippen LogP contribution in [0.15, 0.2) is 46.9 Å². The normalized spacial score (nSPS) is 23.3.